The van der Waals surface area contributed by atoms with Gasteiger partial charge in [0.25, 0.3) is 5.72 Å². The molecule has 8 heteroatoms. The lowest BCUT2D eigenvalue weighted by atomic mass is 9.66. The van der Waals surface area contributed by atoms with E-state index >= 15 is 0 Å². The third kappa shape index (κ3) is 2.76. The van der Waals surface area contributed by atoms with E-state index in [2.05, 4.69) is 5.10 Å². The van der Waals surface area contributed by atoms with Gasteiger partial charge in [0.2, 0.25) is 0 Å². The molecule has 3 atom stereocenters. The second-order valence-corrected chi connectivity index (χ2v) is 7.80. The van der Waals surface area contributed by atoms with Gasteiger partial charge < -0.3 is 9.52 Å². The predicted octanol–water partition coefficient (Wildman–Crippen LogP) is 3.80. The molecule has 1 aromatic heterocycles. The Hall–Kier alpha value is -1.83. The van der Waals surface area contributed by atoms with E-state index in [1.54, 1.807) is 0 Å². The molecule has 1 fully saturated rings. The molecule has 3 rings (SSSR count). The van der Waals surface area contributed by atoms with Crippen LogP contribution >= 0.6 is 0 Å². The van der Waals surface area contributed by atoms with Gasteiger partial charge in [-0.25, -0.2) is 0 Å². The van der Waals surface area contributed by atoms with E-state index in [0.717, 1.165) is 0 Å². The normalized spacial score (nSPS) is 30.2. The van der Waals surface area contributed by atoms with Gasteiger partial charge in [-0.3, -0.25) is 4.79 Å². The molecule has 0 spiro atoms. The van der Waals surface area contributed by atoms with E-state index in [1.165, 1.54) is 18.4 Å². The van der Waals surface area contributed by atoms with Crippen molar-refractivity contribution in [3.05, 3.63) is 24.2 Å². The van der Waals surface area contributed by atoms with Crippen LogP contribution in [-0.2, 0) is 0 Å². The van der Waals surface area contributed by atoms with Crippen LogP contribution in [0.5, 0.6) is 0 Å². The van der Waals surface area contributed by atoms with Gasteiger partial charge in [-0.1, -0.05) is 20.8 Å². The largest absolute Gasteiger partial charge is 0.459 e. The number of halogens is 3. The Bertz CT molecular complexity index is 691. The number of hydrogen-bond acceptors (Lipinski definition) is 4. The van der Waals surface area contributed by atoms with Crippen molar-refractivity contribution < 1.29 is 27.5 Å². The van der Waals surface area contributed by atoms with Crippen molar-refractivity contribution >= 4 is 11.6 Å². The van der Waals surface area contributed by atoms with E-state index in [1.807, 2.05) is 20.8 Å². The van der Waals surface area contributed by atoms with Gasteiger partial charge >= 0.3 is 12.1 Å². The summed E-state index contributed by atoms with van der Waals surface area (Å²) in [6.45, 7) is 5.90. The average Bonchev–Trinajstić information content (AvgIpc) is 3.12. The minimum atomic E-state index is -5.04. The van der Waals surface area contributed by atoms with E-state index in [0.29, 0.717) is 12.8 Å². The number of amides is 1. The zero-order valence-corrected chi connectivity index (χ0v) is 14.3. The minimum Gasteiger partial charge on any atom is -0.459 e. The molecule has 25 heavy (non-hydrogen) atoms. The molecule has 1 aromatic rings. The average molecular weight is 358 g/mol. The summed E-state index contributed by atoms with van der Waals surface area (Å²) in [7, 11) is 0. The summed E-state index contributed by atoms with van der Waals surface area (Å²) in [5, 5.41) is 14.7. The van der Waals surface area contributed by atoms with Gasteiger partial charge in [0.15, 0.2) is 5.76 Å². The number of nitrogens with zero attached hydrogens (tertiary/aromatic N) is 2. The molecule has 5 nitrogen and oxygen atoms in total. The molecule has 2 heterocycles. The zero-order chi connectivity index (χ0) is 18.6. The number of rotatable bonds is 1. The third-order valence-corrected chi connectivity index (χ3v) is 5.27. The molecule has 0 radical (unpaired) electrons. The monoisotopic (exact) mass is 358 g/mol. The summed E-state index contributed by atoms with van der Waals surface area (Å²) < 4.78 is 46.4. The number of hydrogen-bond donors (Lipinski definition) is 1. The van der Waals surface area contributed by atoms with Crippen LogP contribution in [0.4, 0.5) is 13.2 Å². The van der Waals surface area contributed by atoms with Crippen LogP contribution in [0.1, 0.15) is 50.6 Å². The Morgan fingerprint density at radius 1 is 1.40 bits per heavy atom. The van der Waals surface area contributed by atoms with Crippen molar-refractivity contribution in [3.8, 4) is 0 Å². The SMILES string of the molecule is CC(C)(C)[C@@H]1CCC2=NN(C(=O)c3ccco3)[C@](O)(C(F)(F)F)[C@H]2C1. The zero-order valence-electron chi connectivity index (χ0n) is 14.3. The van der Waals surface area contributed by atoms with E-state index in [-0.39, 0.29) is 34.2 Å². The molecule has 0 saturated heterocycles. The standard InChI is InChI=1S/C17H21F3N2O3/c1-15(2,3)10-6-7-12-11(9-10)16(24,17(18,19)20)22(21-12)14(23)13-5-4-8-25-13/h4-5,8,10-11,24H,6-7,9H2,1-3H3/t10-,11+,16-/m1/s1. The van der Waals surface area contributed by atoms with Crippen LogP contribution in [0.15, 0.2) is 27.9 Å². The van der Waals surface area contributed by atoms with Crippen molar-refractivity contribution in [2.75, 3.05) is 0 Å². The number of alkyl halides is 3. The summed E-state index contributed by atoms with van der Waals surface area (Å²) in [5.74, 6) is -2.66. The summed E-state index contributed by atoms with van der Waals surface area (Å²) in [4.78, 5) is 12.5. The van der Waals surface area contributed by atoms with Gasteiger partial charge in [-0.05, 0) is 42.7 Å². The second kappa shape index (κ2) is 5.59. The van der Waals surface area contributed by atoms with Crippen LogP contribution in [0.3, 0.4) is 0 Å². The fraction of sp³-hybridized carbons (Fsp3) is 0.647. The highest BCUT2D eigenvalue weighted by atomic mass is 19.4. The topological polar surface area (TPSA) is 66.0 Å². The maximum absolute atomic E-state index is 13.8. The molecule has 0 bridgehead atoms. The first-order valence-corrected chi connectivity index (χ1v) is 8.20. The van der Waals surface area contributed by atoms with Gasteiger partial charge in [0.1, 0.15) is 0 Å². The van der Waals surface area contributed by atoms with Gasteiger partial charge in [-0.2, -0.15) is 23.3 Å². The highest BCUT2D eigenvalue weighted by molar-refractivity contribution is 5.98. The number of carbonyl (C=O) groups is 1. The van der Waals surface area contributed by atoms with Gasteiger partial charge in [0.05, 0.1) is 12.2 Å². The number of fused-ring (bicyclic) bond motifs is 1. The third-order valence-electron chi connectivity index (χ3n) is 5.27. The Balaban J connectivity index is 2.01. The smallest absolute Gasteiger partial charge is 0.439 e. The first kappa shape index (κ1) is 18.0. The molecule has 138 valence electrons. The van der Waals surface area contributed by atoms with Gasteiger partial charge in [0, 0.05) is 5.71 Å². The molecule has 1 aliphatic carbocycles. The number of carbonyl (C=O) groups excluding carboxylic acids is 1. The van der Waals surface area contributed by atoms with Gasteiger partial charge in [-0.15, -0.1) is 0 Å². The molecule has 2 aliphatic rings. The summed E-state index contributed by atoms with van der Waals surface area (Å²) in [6.07, 6.45) is -2.72. The van der Waals surface area contributed by atoms with Crippen LogP contribution in [0, 0.1) is 17.3 Å². The molecule has 0 aromatic carbocycles. The maximum Gasteiger partial charge on any atom is 0.439 e. The minimum absolute atomic E-state index is 0.0102. The van der Waals surface area contributed by atoms with Crippen molar-refractivity contribution in [2.24, 2.45) is 22.4 Å². The van der Waals surface area contributed by atoms with E-state index < -0.39 is 23.7 Å². The molecule has 1 amide bonds. The van der Waals surface area contributed by atoms with E-state index in [4.69, 9.17) is 4.42 Å². The number of hydrazone groups is 1. The number of aliphatic hydroxyl groups is 1. The van der Waals surface area contributed by atoms with Crippen LogP contribution in [-0.4, -0.2) is 33.6 Å². The summed E-state index contributed by atoms with van der Waals surface area (Å²) >= 11 is 0. The van der Waals surface area contributed by atoms with Crippen LogP contribution in [0.25, 0.3) is 0 Å². The van der Waals surface area contributed by atoms with Crippen molar-refractivity contribution in [1.29, 1.82) is 0 Å². The Morgan fingerprint density at radius 2 is 2.08 bits per heavy atom. The molecule has 1 aliphatic heterocycles. The molecular formula is C17H21F3N2O3. The Kier molecular flexibility index (Phi) is 4.02. The lowest BCUT2D eigenvalue weighted by Crippen LogP contribution is -2.62. The van der Waals surface area contributed by atoms with Crippen molar-refractivity contribution in [3.63, 3.8) is 0 Å². The van der Waals surface area contributed by atoms with Crippen LogP contribution in [0.2, 0.25) is 0 Å². The summed E-state index contributed by atoms with van der Waals surface area (Å²) in [6, 6.07) is 2.64. The maximum atomic E-state index is 13.8. The lowest BCUT2D eigenvalue weighted by Gasteiger charge is -2.42. The highest BCUT2D eigenvalue weighted by Gasteiger charge is 2.69. The number of furan rings is 1. The molecule has 1 N–H and O–H groups in total. The van der Waals surface area contributed by atoms with Crippen LogP contribution < -0.4 is 0 Å². The van der Waals surface area contributed by atoms with Crippen molar-refractivity contribution in [2.45, 2.75) is 51.9 Å². The lowest BCUT2D eigenvalue weighted by molar-refractivity contribution is -0.314. The Morgan fingerprint density at radius 3 is 2.60 bits per heavy atom. The predicted molar refractivity (Wildman–Crippen MR) is 83.6 cm³/mol. The fourth-order valence-electron chi connectivity index (χ4n) is 3.71. The fourth-order valence-corrected chi connectivity index (χ4v) is 3.71. The summed E-state index contributed by atoms with van der Waals surface area (Å²) in [5.41, 5.74) is -3.33. The van der Waals surface area contributed by atoms with Crippen molar-refractivity contribution in [1.82, 2.24) is 5.01 Å². The first-order valence-electron chi connectivity index (χ1n) is 8.20. The first-order chi connectivity index (χ1) is 11.5. The Labute approximate surface area is 143 Å². The second-order valence-electron chi connectivity index (χ2n) is 7.80. The molecule has 1 saturated carbocycles. The van der Waals surface area contributed by atoms with E-state index in [9.17, 15) is 23.1 Å². The molecule has 0 unspecified atom stereocenters. The quantitative estimate of drug-likeness (QED) is 0.830. The molecular weight excluding hydrogens is 337 g/mol. The highest BCUT2D eigenvalue weighted by Crippen LogP contribution is 2.52.